The molecular formula is C19H22Cl2N2O4S. The van der Waals surface area contributed by atoms with Crippen molar-refractivity contribution < 1.29 is 17.4 Å². The summed E-state index contributed by atoms with van der Waals surface area (Å²) in [4.78, 5) is 14.4. The summed E-state index contributed by atoms with van der Waals surface area (Å²) < 4.78 is 27.6. The first kappa shape index (κ1) is 22.3. The van der Waals surface area contributed by atoms with E-state index >= 15 is 0 Å². The number of halogens is 2. The Balaban J connectivity index is 2.20. The molecule has 0 aliphatic heterocycles. The molecule has 2 amide bonds. The Kier molecular flexibility index (Phi) is 7.57. The van der Waals surface area contributed by atoms with Crippen molar-refractivity contribution in [1.82, 2.24) is 4.90 Å². The molecular weight excluding hydrogens is 423 g/mol. The van der Waals surface area contributed by atoms with Gasteiger partial charge in [0, 0.05) is 13.1 Å². The fourth-order valence-electron chi connectivity index (χ4n) is 2.55. The second-order valence-electron chi connectivity index (χ2n) is 6.74. The molecule has 2 rings (SSSR count). The number of anilines is 1. The van der Waals surface area contributed by atoms with E-state index in [4.69, 9.17) is 27.4 Å². The molecule has 0 fully saturated rings. The lowest BCUT2D eigenvalue weighted by Gasteiger charge is -2.25. The van der Waals surface area contributed by atoms with Crippen LogP contribution in [0, 0.1) is 5.92 Å². The number of nitrogens with one attached hydrogen (secondary N) is 1. The molecule has 9 heteroatoms. The van der Waals surface area contributed by atoms with Crippen molar-refractivity contribution in [3.8, 4) is 5.75 Å². The van der Waals surface area contributed by atoms with Crippen LogP contribution in [-0.2, 0) is 16.7 Å². The van der Waals surface area contributed by atoms with E-state index in [1.54, 1.807) is 47.4 Å². The summed E-state index contributed by atoms with van der Waals surface area (Å²) in [5, 5.41) is 3.39. The van der Waals surface area contributed by atoms with Crippen LogP contribution in [0.25, 0.3) is 0 Å². The Labute approximate surface area is 175 Å². The number of hydrogen-bond acceptors (Lipinski definition) is 4. The fourth-order valence-corrected chi connectivity index (χ4v) is 3.35. The first-order chi connectivity index (χ1) is 13.0. The molecule has 0 bridgehead atoms. The van der Waals surface area contributed by atoms with E-state index in [1.165, 1.54) is 0 Å². The molecule has 6 nitrogen and oxygen atoms in total. The van der Waals surface area contributed by atoms with E-state index in [1.807, 2.05) is 13.8 Å². The van der Waals surface area contributed by atoms with E-state index < -0.39 is 10.1 Å². The molecule has 1 N–H and O–H groups in total. The predicted molar refractivity (Wildman–Crippen MR) is 113 cm³/mol. The average molecular weight is 445 g/mol. The molecule has 2 aromatic rings. The second kappa shape index (κ2) is 9.49. The largest absolute Gasteiger partial charge is 0.383 e. The van der Waals surface area contributed by atoms with Crippen molar-refractivity contribution in [1.29, 1.82) is 0 Å². The highest BCUT2D eigenvalue weighted by molar-refractivity contribution is 7.86. The van der Waals surface area contributed by atoms with Crippen LogP contribution in [0.5, 0.6) is 5.75 Å². The third-order valence-corrected chi connectivity index (χ3v) is 4.90. The number of hydrogen-bond donors (Lipinski definition) is 1. The van der Waals surface area contributed by atoms with Gasteiger partial charge in [0.15, 0.2) is 0 Å². The standard InChI is InChI=1S/C19H22Cl2N2O4S/c1-13(2)11-23(19(24)22-17-9-5-8-16(20)18(17)21)12-14-6-4-7-15(10-14)27-28(3,25)26/h4-10,13H,11-12H2,1-3H3,(H,22,24). The van der Waals surface area contributed by atoms with E-state index in [2.05, 4.69) is 5.32 Å². The monoisotopic (exact) mass is 444 g/mol. The highest BCUT2D eigenvalue weighted by Gasteiger charge is 2.18. The maximum absolute atomic E-state index is 12.8. The summed E-state index contributed by atoms with van der Waals surface area (Å²) in [5.74, 6) is 0.416. The third kappa shape index (κ3) is 6.89. The lowest BCUT2D eigenvalue weighted by atomic mass is 10.1. The van der Waals surface area contributed by atoms with Gasteiger partial charge in [-0.15, -0.1) is 0 Å². The van der Waals surface area contributed by atoms with Crippen molar-refractivity contribution >= 4 is 45.0 Å². The van der Waals surface area contributed by atoms with Gasteiger partial charge in [-0.25, -0.2) is 4.79 Å². The van der Waals surface area contributed by atoms with Crippen molar-refractivity contribution in [2.24, 2.45) is 5.92 Å². The Bertz CT molecular complexity index is 949. The van der Waals surface area contributed by atoms with E-state index in [9.17, 15) is 13.2 Å². The van der Waals surface area contributed by atoms with Crippen LogP contribution in [0.3, 0.4) is 0 Å². The zero-order valence-corrected chi connectivity index (χ0v) is 18.1. The molecule has 152 valence electrons. The number of amides is 2. The molecule has 0 saturated heterocycles. The van der Waals surface area contributed by atoms with Crippen LogP contribution in [0.1, 0.15) is 19.4 Å². The smallest absolute Gasteiger partial charge is 0.322 e. The Morgan fingerprint density at radius 1 is 1.18 bits per heavy atom. The maximum Gasteiger partial charge on any atom is 0.322 e. The second-order valence-corrected chi connectivity index (χ2v) is 9.10. The molecule has 0 aromatic heterocycles. The third-order valence-electron chi connectivity index (χ3n) is 3.59. The normalized spacial score (nSPS) is 11.4. The van der Waals surface area contributed by atoms with Gasteiger partial charge in [0.25, 0.3) is 0 Å². The van der Waals surface area contributed by atoms with Gasteiger partial charge in [-0.3, -0.25) is 0 Å². The first-order valence-electron chi connectivity index (χ1n) is 8.53. The maximum atomic E-state index is 12.8. The number of nitrogens with zero attached hydrogens (tertiary/aromatic N) is 1. The van der Waals surface area contributed by atoms with Crippen LogP contribution >= 0.6 is 23.2 Å². The van der Waals surface area contributed by atoms with Crippen LogP contribution in [0.4, 0.5) is 10.5 Å². The summed E-state index contributed by atoms with van der Waals surface area (Å²) in [6, 6.07) is 11.3. The number of carbonyl (C=O) groups is 1. The molecule has 0 atom stereocenters. The van der Waals surface area contributed by atoms with E-state index in [0.29, 0.717) is 17.3 Å². The summed E-state index contributed by atoms with van der Waals surface area (Å²) in [6.07, 6.45) is 0.979. The van der Waals surface area contributed by atoms with Gasteiger partial charge in [-0.05, 0) is 35.7 Å². The van der Waals surface area contributed by atoms with Gasteiger partial charge in [0.1, 0.15) is 5.75 Å². The van der Waals surface area contributed by atoms with Gasteiger partial charge in [0.05, 0.1) is 22.0 Å². The number of rotatable bonds is 7. The molecule has 0 unspecified atom stereocenters. The quantitative estimate of drug-likeness (QED) is 0.607. The SMILES string of the molecule is CC(C)CN(Cc1cccc(OS(C)(=O)=O)c1)C(=O)Nc1cccc(Cl)c1Cl. The minimum Gasteiger partial charge on any atom is -0.383 e. The van der Waals surface area contributed by atoms with E-state index in [0.717, 1.165) is 11.8 Å². The molecule has 0 radical (unpaired) electrons. The molecule has 0 heterocycles. The summed E-state index contributed by atoms with van der Waals surface area (Å²) in [6.45, 7) is 4.75. The van der Waals surface area contributed by atoms with Gasteiger partial charge in [-0.2, -0.15) is 8.42 Å². The minimum atomic E-state index is -3.63. The highest BCUT2D eigenvalue weighted by Crippen LogP contribution is 2.30. The van der Waals surface area contributed by atoms with Crippen molar-refractivity contribution in [3.05, 3.63) is 58.1 Å². The first-order valence-corrected chi connectivity index (χ1v) is 11.1. The molecule has 2 aromatic carbocycles. The molecule has 0 spiro atoms. The Hall–Kier alpha value is -1.96. The summed E-state index contributed by atoms with van der Waals surface area (Å²) in [7, 11) is -3.63. The minimum absolute atomic E-state index is 0.197. The van der Waals surface area contributed by atoms with Gasteiger partial charge >= 0.3 is 16.1 Å². The summed E-state index contributed by atoms with van der Waals surface area (Å²) in [5.41, 5.74) is 1.15. The number of benzene rings is 2. The summed E-state index contributed by atoms with van der Waals surface area (Å²) >= 11 is 12.2. The Morgan fingerprint density at radius 2 is 1.86 bits per heavy atom. The van der Waals surface area contributed by atoms with Gasteiger partial charge in [-0.1, -0.05) is 55.2 Å². The average Bonchev–Trinajstić information content (AvgIpc) is 2.57. The Morgan fingerprint density at radius 3 is 2.50 bits per heavy atom. The zero-order chi connectivity index (χ0) is 20.9. The lowest BCUT2D eigenvalue weighted by molar-refractivity contribution is 0.201. The molecule has 28 heavy (non-hydrogen) atoms. The fraction of sp³-hybridized carbons (Fsp3) is 0.316. The predicted octanol–water partition coefficient (Wildman–Crippen LogP) is 5.02. The lowest BCUT2D eigenvalue weighted by Crippen LogP contribution is -2.37. The van der Waals surface area contributed by atoms with Crippen LogP contribution in [0.2, 0.25) is 10.0 Å². The topological polar surface area (TPSA) is 75.7 Å². The van der Waals surface area contributed by atoms with Crippen LogP contribution in [0.15, 0.2) is 42.5 Å². The van der Waals surface area contributed by atoms with Gasteiger partial charge < -0.3 is 14.4 Å². The molecule has 0 saturated carbocycles. The number of urea groups is 1. The highest BCUT2D eigenvalue weighted by atomic mass is 35.5. The number of carbonyl (C=O) groups excluding carboxylic acids is 1. The van der Waals surface area contributed by atoms with Crippen molar-refractivity contribution in [2.75, 3.05) is 18.1 Å². The van der Waals surface area contributed by atoms with Gasteiger partial charge in [0.2, 0.25) is 0 Å². The van der Waals surface area contributed by atoms with Crippen LogP contribution < -0.4 is 9.50 Å². The van der Waals surface area contributed by atoms with E-state index in [-0.39, 0.29) is 29.3 Å². The molecule has 0 aliphatic carbocycles. The zero-order valence-electron chi connectivity index (χ0n) is 15.8. The van der Waals surface area contributed by atoms with Crippen LogP contribution in [-0.4, -0.2) is 32.1 Å². The molecule has 0 aliphatic rings. The van der Waals surface area contributed by atoms with Crippen molar-refractivity contribution in [2.45, 2.75) is 20.4 Å². The van der Waals surface area contributed by atoms with Crippen molar-refractivity contribution in [3.63, 3.8) is 0 Å².